The van der Waals surface area contributed by atoms with Crippen LogP contribution in [0.25, 0.3) is 0 Å². The van der Waals surface area contributed by atoms with Crippen molar-refractivity contribution in [1.82, 2.24) is 40.2 Å². The number of nitrogens with one attached hydrogen (secondary N) is 4. The van der Waals surface area contributed by atoms with E-state index in [1.54, 1.807) is 42.5 Å². The fraction of sp³-hybridized carbons (Fsp3) is 0.523. The van der Waals surface area contributed by atoms with Gasteiger partial charge in [-0.3, -0.25) is 38.8 Å². The minimum Gasteiger partial charge on any atom is -0.491 e. The standard InChI is InChI=1S/C65H81F2N11O8/c1-41-29-75(35-58(79)77-39-64(3,4)60-56(77)23-46(62(81)71-60)19-43-7-11-48(66)12-8-43)50(27-69-41)31-73-15-17-83-54(33-73)37-85-52-21-45(26-68)22-53(25-52)86-38-55-34-74(16-18-84-55)32-51-28-70-42(2)30-76(51)36-59(80)78-40-65(5,6)61-57(78)24-47(63(82)72-61)20-44-9-13-49(67)14-10-44/h7-14,21-25,41-42,50-51,54-55,69-70H,15-20,27-40H2,1-6H3,(H,71,81)(H,72,82)/t41-,42-,50-,51-,54?,55?/m1/s1. The lowest BCUT2D eigenvalue weighted by molar-refractivity contribution is -0.121. The van der Waals surface area contributed by atoms with Gasteiger partial charge in [0.1, 0.15) is 48.6 Å². The normalized spacial score (nSPS) is 24.3. The molecule has 11 rings (SSSR count). The highest BCUT2D eigenvalue weighted by Gasteiger charge is 2.43. The Bertz CT molecular complexity index is 3210. The van der Waals surface area contributed by atoms with Gasteiger partial charge in [0.25, 0.3) is 11.1 Å². The summed E-state index contributed by atoms with van der Waals surface area (Å²) in [4.78, 5) is 74.6. The van der Waals surface area contributed by atoms with Gasteiger partial charge in [-0.2, -0.15) is 5.26 Å². The van der Waals surface area contributed by atoms with Crippen LogP contribution in [0.4, 0.5) is 20.2 Å². The number of carbonyl (C=O) groups is 2. The summed E-state index contributed by atoms with van der Waals surface area (Å²) in [6, 6.07) is 23.8. The van der Waals surface area contributed by atoms with Crippen molar-refractivity contribution in [3.8, 4) is 17.6 Å². The summed E-state index contributed by atoms with van der Waals surface area (Å²) in [6.07, 6.45) is 0.133. The van der Waals surface area contributed by atoms with E-state index in [1.807, 2.05) is 49.6 Å². The van der Waals surface area contributed by atoms with Crippen LogP contribution in [-0.4, -0.2) is 196 Å². The van der Waals surface area contributed by atoms with Gasteiger partial charge in [-0.1, -0.05) is 52.0 Å². The molecule has 0 aliphatic carbocycles. The number of carbonyl (C=O) groups excluding carboxylic acids is 2. The van der Waals surface area contributed by atoms with E-state index in [1.165, 1.54) is 24.3 Å². The molecule has 86 heavy (non-hydrogen) atoms. The molecule has 2 unspecified atom stereocenters. The number of benzene rings is 3. The van der Waals surface area contributed by atoms with Crippen LogP contribution in [0.15, 0.2) is 88.5 Å². The molecule has 8 heterocycles. The number of pyridine rings is 2. The van der Waals surface area contributed by atoms with Crippen molar-refractivity contribution < 1.29 is 37.3 Å². The molecule has 4 fully saturated rings. The summed E-state index contributed by atoms with van der Waals surface area (Å²) < 4.78 is 52.5. The van der Waals surface area contributed by atoms with Crippen molar-refractivity contribution in [2.24, 2.45) is 0 Å². The zero-order valence-corrected chi connectivity index (χ0v) is 50.3. The van der Waals surface area contributed by atoms with Crippen molar-refractivity contribution >= 4 is 23.2 Å². The molecule has 2 aromatic heterocycles. The number of halogens is 2. The van der Waals surface area contributed by atoms with Gasteiger partial charge in [0.2, 0.25) is 11.8 Å². The number of nitriles is 1. The number of hydrogen-bond donors (Lipinski definition) is 4. The average Bonchev–Trinajstić information content (AvgIpc) is 1.72. The summed E-state index contributed by atoms with van der Waals surface area (Å²) >= 11 is 0. The van der Waals surface area contributed by atoms with E-state index in [0.29, 0.717) is 131 Å². The zero-order chi connectivity index (χ0) is 60.4. The summed E-state index contributed by atoms with van der Waals surface area (Å²) in [5.41, 5.74) is 4.62. The first kappa shape index (κ1) is 60.8. The lowest BCUT2D eigenvalue weighted by Crippen LogP contribution is -2.61. The minimum absolute atomic E-state index is 0.0328. The number of ether oxygens (including phenoxy) is 4. The monoisotopic (exact) mass is 1180 g/mol. The topological polar surface area (TPSA) is 204 Å². The summed E-state index contributed by atoms with van der Waals surface area (Å²) in [7, 11) is 0. The van der Waals surface area contributed by atoms with Crippen LogP contribution in [-0.2, 0) is 42.7 Å². The van der Waals surface area contributed by atoms with Gasteiger partial charge in [0.15, 0.2) is 0 Å². The van der Waals surface area contributed by atoms with Crippen LogP contribution in [0, 0.1) is 23.0 Å². The number of H-pyrrole nitrogens is 2. The fourth-order valence-corrected chi connectivity index (χ4v) is 13.3. The third-order valence-corrected chi connectivity index (χ3v) is 17.8. The first-order chi connectivity index (χ1) is 41.2. The Kier molecular flexibility index (Phi) is 18.3. The third-order valence-electron chi connectivity index (χ3n) is 17.8. The number of aromatic nitrogens is 2. The Balaban J connectivity index is 0.668. The van der Waals surface area contributed by atoms with Crippen molar-refractivity contribution in [3.63, 3.8) is 0 Å². The highest BCUT2D eigenvalue weighted by Crippen LogP contribution is 2.41. The second-order valence-corrected chi connectivity index (χ2v) is 25.8. The number of amides is 2. The molecule has 21 heteroatoms. The molecule has 0 saturated carbocycles. The molecule has 0 bridgehead atoms. The Morgan fingerprint density at radius 1 is 0.628 bits per heavy atom. The van der Waals surface area contributed by atoms with E-state index >= 15 is 0 Å². The van der Waals surface area contributed by atoms with Crippen LogP contribution in [0.3, 0.4) is 0 Å². The number of nitrogens with zero attached hydrogens (tertiary/aromatic N) is 7. The lowest BCUT2D eigenvalue weighted by atomic mass is 9.91. The Morgan fingerprint density at radius 3 is 1.45 bits per heavy atom. The molecule has 5 aromatic rings. The molecule has 2 amide bonds. The summed E-state index contributed by atoms with van der Waals surface area (Å²) in [6.45, 7) is 22.1. The van der Waals surface area contributed by atoms with Crippen molar-refractivity contribution in [2.75, 3.05) is 128 Å². The first-order valence-corrected chi connectivity index (χ1v) is 30.3. The van der Waals surface area contributed by atoms with Crippen LogP contribution in [0.1, 0.15) is 80.7 Å². The summed E-state index contributed by atoms with van der Waals surface area (Å²) in [5.74, 6) is 0.239. The maximum absolute atomic E-state index is 14.4. The number of morpholine rings is 2. The first-order valence-electron chi connectivity index (χ1n) is 30.3. The predicted octanol–water partition coefficient (Wildman–Crippen LogP) is 4.53. The number of piperazine rings is 2. The molecule has 6 aliphatic rings. The van der Waals surface area contributed by atoms with E-state index in [0.717, 1.165) is 35.6 Å². The second kappa shape index (κ2) is 25.8. The number of aromatic amines is 2. The Labute approximate surface area is 501 Å². The molecule has 4 saturated heterocycles. The quantitative estimate of drug-likeness (QED) is 0.0953. The van der Waals surface area contributed by atoms with Gasteiger partial charge < -0.3 is 49.3 Å². The largest absolute Gasteiger partial charge is 0.491 e. The SMILES string of the molecule is C[C@@H]1CN(CC(=O)N2CC(C)(C)c3[nH]c(=O)c(Cc4ccc(F)cc4)cc32)[C@@H](CN2CCOC(COc3cc(C#N)cc(OCC4CN(C[C@H]5CN[C@H](C)CN5CC(=O)N5CC(C)(C)c6[nH]c(=O)c(Cc7ccc(F)cc7)cc65)CCO4)c3)C2)CN1. The summed E-state index contributed by atoms with van der Waals surface area (Å²) in [5, 5.41) is 17.3. The predicted molar refractivity (Wildman–Crippen MR) is 323 cm³/mol. The van der Waals surface area contributed by atoms with Gasteiger partial charge in [-0.25, -0.2) is 8.78 Å². The minimum atomic E-state index is -0.460. The Morgan fingerprint density at radius 2 is 1.05 bits per heavy atom. The van der Waals surface area contributed by atoms with Gasteiger partial charge in [0.05, 0.1) is 49.3 Å². The van der Waals surface area contributed by atoms with Gasteiger partial charge in [-0.15, -0.1) is 0 Å². The molecule has 6 atom stereocenters. The van der Waals surface area contributed by atoms with E-state index in [2.05, 4.69) is 60.1 Å². The molecule has 0 radical (unpaired) electrons. The van der Waals surface area contributed by atoms with Crippen LogP contribution >= 0.6 is 0 Å². The molecular weight excluding hydrogens is 1100 g/mol. The molecular formula is C65H81F2N11O8. The second-order valence-electron chi connectivity index (χ2n) is 25.8. The smallest absolute Gasteiger partial charge is 0.251 e. The van der Waals surface area contributed by atoms with Crippen LogP contribution < -0.4 is 41.0 Å². The van der Waals surface area contributed by atoms with Gasteiger partial charge >= 0.3 is 0 Å². The molecule has 19 nitrogen and oxygen atoms in total. The van der Waals surface area contributed by atoms with Crippen LogP contribution in [0.5, 0.6) is 11.5 Å². The third kappa shape index (κ3) is 14.2. The van der Waals surface area contributed by atoms with E-state index in [4.69, 9.17) is 18.9 Å². The molecule has 6 aliphatic heterocycles. The van der Waals surface area contributed by atoms with Crippen molar-refractivity contribution in [3.05, 3.63) is 150 Å². The van der Waals surface area contributed by atoms with Gasteiger partial charge in [0, 0.05) is 155 Å². The molecule has 4 N–H and O–H groups in total. The number of anilines is 2. The van der Waals surface area contributed by atoms with Gasteiger partial charge in [-0.05, 0) is 73.5 Å². The maximum Gasteiger partial charge on any atom is 0.251 e. The van der Waals surface area contributed by atoms with E-state index < -0.39 is 10.8 Å². The number of fused-ring (bicyclic) bond motifs is 2. The highest BCUT2D eigenvalue weighted by molar-refractivity contribution is 5.98. The van der Waals surface area contributed by atoms with E-state index in [9.17, 15) is 33.2 Å². The number of hydrogen-bond acceptors (Lipinski definition) is 15. The molecule has 458 valence electrons. The lowest BCUT2D eigenvalue weighted by Gasteiger charge is -2.43. The molecule has 3 aromatic carbocycles. The molecule has 0 spiro atoms. The Hall–Kier alpha value is -6.87. The maximum atomic E-state index is 14.4. The highest BCUT2D eigenvalue weighted by atomic mass is 19.1. The van der Waals surface area contributed by atoms with Crippen LogP contribution in [0.2, 0.25) is 0 Å². The number of rotatable bonds is 18. The van der Waals surface area contributed by atoms with Crippen molar-refractivity contribution in [1.29, 1.82) is 5.26 Å². The van der Waals surface area contributed by atoms with E-state index in [-0.39, 0.29) is 97.2 Å². The van der Waals surface area contributed by atoms with Crippen molar-refractivity contribution in [2.45, 2.75) is 102 Å². The average molecular weight is 1180 g/mol. The fourth-order valence-electron chi connectivity index (χ4n) is 13.3. The zero-order valence-electron chi connectivity index (χ0n) is 50.3.